The van der Waals surface area contributed by atoms with Crippen LogP contribution in [0.5, 0.6) is 0 Å². The van der Waals surface area contributed by atoms with Crippen molar-refractivity contribution in [3.63, 3.8) is 0 Å². The molecule has 0 bridgehead atoms. The summed E-state index contributed by atoms with van der Waals surface area (Å²) in [4.78, 5) is 23.7. The number of carboxylic acid groups (broad SMARTS) is 1. The van der Waals surface area contributed by atoms with Crippen molar-refractivity contribution in [1.82, 2.24) is 5.32 Å². The molecule has 3 aliphatic carbocycles. The number of amides is 1. The maximum atomic E-state index is 12.3. The summed E-state index contributed by atoms with van der Waals surface area (Å²) >= 11 is 0. The van der Waals surface area contributed by atoms with Crippen LogP contribution in [-0.2, 0) is 9.59 Å². The van der Waals surface area contributed by atoms with E-state index in [1.807, 2.05) is 0 Å². The van der Waals surface area contributed by atoms with Gasteiger partial charge in [0.05, 0.1) is 0 Å². The van der Waals surface area contributed by atoms with Crippen molar-refractivity contribution in [2.75, 3.05) is 0 Å². The van der Waals surface area contributed by atoms with Crippen molar-refractivity contribution in [2.45, 2.75) is 63.3 Å². The third-order valence-corrected chi connectivity index (χ3v) is 5.33. The summed E-state index contributed by atoms with van der Waals surface area (Å²) in [5.74, 6) is -0.757. The fourth-order valence-electron chi connectivity index (χ4n) is 4.04. The normalized spacial score (nSPS) is 31.4. The summed E-state index contributed by atoms with van der Waals surface area (Å²) in [6.07, 6.45) is 8.75. The van der Waals surface area contributed by atoms with E-state index in [0.717, 1.165) is 32.1 Å². The van der Waals surface area contributed by atoms with Gasteiger partial charge in [-0.15, -0.1) is 0 Å². The second kappa shape index (κ2) is 3.97. The molecule has 4 nitrogen and oxygen atoms in total. The molecule has 0 heterocycles. The van der Waals surface area contributed by atoms with Gasteiger partial charge in [-0.2, -0.15) is 0 Å². The van der Waals surface area contributed by atoms with E-state index in [-0.39, 0.29) is 17.2 Å². The van der Waals surface area contributed by atoms with Crippen LogP contribution in [-0.4, -0.2) is 22.5 Å². The van der Waals surface area contributed by atoms with Gasteiger partial charge >= 0.3 is 5.97 Å². The Balaban J connectivity index is 1.66. The molecule has 0 unspecified atom stereocenters. The van der Waals surface area contributed by atoms with E-state index >= 15 is 0 Å². The zero-order valence-corrected chi connectivity index (χ0v) is 10.7. The van der Waals surface area contributed by atoms with E-state index in [9.17, 15) is 14.7 Å². The molecule has 0 radical (unpaired) electrons. The number of carbonyl (C=O) groups excluding carboxylic acids is 1. The van der Waals surface area contributed by atoms with Crippen LogP contribution >= 0.6 is 0 Å². The van der Waals surface area contributed by atoms with Crippen molar-refractivity contribution >= 4 is 11.9 Å². The highest BCUT2D eigenvalue weighted by Crippen LogP contribution is 2.63. The Hall–Kier alpha value is -1.06. The molecule has 2 N–H and O–H groups in total. The van der Waals surface area contributed by atoms with Crippen LogP contribution in [0.1, 0.15) is 57.8 Å². The minimum atomic E-state index is -0.959. The smallest absolute Gasteiger partial charge is 0.329 e. The first kappa shape index (κ1) is 12.0. The average Bonchev–Trinajstić information content (AvgIpc) is 2.68. The molecule has 3 fully saturated rings. The highest BCUT2D eigenvalue weighted by atomic mass is 16.4. The molecule has 3 saturated carbocycles. The van der Waals surface area contributed by atoms with Crippen molar-refractivity contribution in [1.29, 1.82) is 0 Å². The van der Waals surface area contributed by atoms with E-state index in [1.165, 1.54) is 12.8 Å². The Kier molecular flexibility index (Phi) is 2.65. The molecule has 0 aromatic carbocycles. The zero-order valence-electron chi connectivity index (χ0n) is 10.7. The first-order valence-corrected chi connectivity index (χ1v) is 7.14. The topological polar surface area (TPSA) is 66.4 Å². The number of nitrogens with one attached hydrogen (secondary N) is 1. The van der Waals surface area contributed by atoms with Gasteiger partial charge in [0.25, 0.3) is 0 Å². The Morgan fingerprint density at radius 3 is 2.11 bits per heavy atom. The molecular formula is C14H21NO3. The van der Waals surface area contributed by atoms with Gasteiger partial charge in [-0.1, -0.05) is 25.7 Å². The Bertz CT molecular complexity index is 379. The van der Waals surface area contributed by atoms with Gasteiger partial charge in [0.2, 0.25) is 5.91 Å². The Morgan fingerprint density at radius 2 is 1.56 bits per heavy atom. The van der Waals surface area contributed by atoms with Crippen LogP contribution in [0.4, 0.5) is 0 Å². The van der Waals surface area contributed by atoms with Gasteiger partial charge in [-0.25, -0.2) is 4.79 Å². The standard InChI is InChI=1S/C14H21NO3/c16-11(10-9-13(10)5-1-2-6-13)15-14(12(17)18)7-3-4-8-14/h10H,1-9H2,(H,15,16)(H,17,18)/t10-/m0/s1. The van der Waals surface area contributed by atoms with E-state index in [4.69, 9.17) is 0 Å². The lowest BCUT2D eigenvalue weighted by molar-refractivity contribution is -0.147. The number of rotatable bonds is 3. The molecule has 0 aromatic rings. The SMILES string of the molecule is O=C(NC1(C(=O)O)CCCC1)[C@@H]1CC12CCCC2. The van der Waals surface area contributed by atoms with Crippen LogP contribution < -0.4 is 5.32 Å². The van der Waals surface area contributed by atoms with Gasteiger partial charge < -0.3 is 10.4 Å². The lowest BCUT2D eigenvalue weighted by Gasteiger charge is -2.25. The van der Waals surface area contributed by atoms with E-state index in [1.54, 1.807) is 0 Å². The third kappa shape index (κ3) is 1.73. The lowest BCUT2D eigenvalue weighted by Crippen LogP contribution is -2.53. The van der Waals surface area contributed by atoms with Crippen molar-refractivity contribution in [3.8, 4) is 0 Å². The Labute approximate surface area is 107 Å². The molecular weight excluding hydrogens is 230 g/mol. The van der Waals surface area contributed by atoms with Gasteiger partial charge in [-0.05, 0) is 37.5 Å². The monoisotopic (exact) mass is 251 g/mol. The molecule has 1 atom stereocenters. The predicted molar refractivity (Wildman–Crippen MR) is 66.0 cm³/mol. The molecule has 3 aliphatic rings. The highest BCUT2D eigenvalue weighted by molar-refractivity contribution is 5.90. The number of carbonyl (C=O) groups is 2. The van der Waals surface area contributed by atoms with Gasteiger partial charge in [0, 0.05) is 5.92 Å². The molecule has 100 valence electrons. The summed E-state index contributed by atoms with van der Waals surface area (Å²) in [5.41, 5.74) is -0.706. The Morgan fingerprint density at radius 1 is 1.00 bits per heavy atom. The van der Waals surface area contributed by atoms with Crippen LogP contribution in [0.25, 0.3) is 0 Å². The molecule has 18 heavy (non-hydrogen) atoms. The van der Waals surface area contributed by atoms with Crippen molar-refractivity contribution in [2.24, 2.45) is 11.3 Å². The second-order valence-electron chi connectivity index (χ2n) is 6.41. The highest BCUT2D eigenvalue weighted by Gasteiger charge is 2.59. The summed E-state index contributed by atoms with van der Waals surface area (Å²) < 4.78 is 0. The van der Waals surface area contributed by atoms with Crippen LogP contribution in [0.2, 0.25) is 0 Å². The summed E-state index contributed by atoms with van der Waals surface area (Å²) in [6.45, 7) is 0. The molecule has 4 heteroatoms. The molecule has 0 aromatic heterocycles. The maximum absolute atomic E-state index is 12.3. The summed E-state index contributed by atoms with van der Waals surface area (Å²) in [6, 6.07) is 0. The van der Waals surface area contributed by atoms with E-state index in [0.29, 0.717) is 12.8 Å². The predicted octanol–water partition coefficient (Wildman–Crippen LogP) is 2.08. The van der Waals surface area contributed by atoms with Crippen LogP contribution in [0.15, 0.2) is 0 Å². The van der Waals surface area contributed by atoms with Gasteiger partial charge in [-0.3, -0.25) is 4.79 Å². The zero-order chi connectivity index (χ0) is 12.8. The van der Waals surface area contributed by atoms with E-state index in [2.05, 4.69) is 5.32 Å². The quantitative estimate of drug-likeness (QED) is 0.807. The second-order valence-corrected chi connectivity index (χ2v) is 6.41. The van der Waals surface area contributed by atoms with Crippen LogP contribution in [0, 0.1) is 11.3 Å². The third-order valence-electron chi connectivity index (χ3n) is 5.33. The average molecular weight is 251 g/mol. The van der Waals surface area contributed by atoms with Crippen molar-refractivity contribution < 1.29 is 14.7 Å². The van der Waals surface area contributed by atoms with E-state index < -0.39 is 11.5 Å². The number of carboxylic acids is 1. The molecule has 0 aliphatic heterocycles. The van der Waals surface area contributed by atoms with Gasteiger partial charge in [0.1, 0.15) is 5.54 Å². The maximum Gasteiger partial charge on any atom is 0.329 e. The fraction of sp³-hybridized carbons (Fsp3) is 0.857. The summed E-state index contributed by atoms with van der Waals surface area (Å²) in [7, 11) is 0. The first-order chi connectivity index (χ1) is 8.58. The molecule has 0 saturated heterocycles. The summed E-state index contributed by atoms with van der Waals surface area (Å²) in [5, 5.41) is 12.2. The van der Waals surface area contributed by atoms with Crippen LogP contribution in [0.3, 0.4) is 0 Å². The number of hydrogen-bond acceptors (Lipinski definition) is 2. The first-order valence-electron chi connectivity index (χ1n) is 7.14. The van der Waals surface area contributed by atoms with Crippen molar-refractivity contribution in [3.05, 3.63) is 0 Å². The fourth-order valence-corrected chi connectivity index (χ4v) is 4.04. The molecule has 1 spiro atoms. The number of aliphatic carboxylic acids is 1. The number of hydrogen-bond donors (Lipinski definition) is 2. The minimum absolute atomic E-state index is 0.00111. The molecule has 1 amide bonds. The minimum Gasteiger partial charge on any atom is -0.480 e. The molecule has 3 rings (SSSR count). The lowest BCUT2D eigenvalue weighted by atomic mass is 9.96. The van der Waals surface area contributed by atoms with Gasteiger partial charge in [0.15, 0.2) is 0 Å². The largest absolute Gasteiger partial charge is 0.480 e.